The molecule has 6 N–H and O–H groups in total. The van der Waals surface area contributed by atoms with Crippen LogP contribution in [-0.4, -0.2) is 79.8 Å². The number of nitrogen functional groups attached to an aromatic ring is 1. The first-order valence-electron chi connectivity index (χ1n) is 11.6. The Kier molecular flexibility index (Phi) is 8.74. The largest absolute Gasteiger partial charge is 0.477 e. The Balaban J connectivity index is 0.000000681. The number of carboxylic acids is 1. The van der Waals surface area contributed by atoms with Crippen LogP contribution in [0.5, 0.6) is 0 Å². The number of nitrogens with zero attached hydrogens (tertiary/aromatic N) is 4. The number of amides is 2. The number of oxime groups is 1. The molecular weight excluding hydrogens is 588 g/mol. The molecule has 3 atom stereocenters. The second-order valence-electron chi connectivity index (χ2n) is 8.71. The summed E-state index contributed by atoms with van der Waals surface area (Å²) in [6.07, 6.45) is 6.75. The number of carbonyl (C=O) groups is 3. The van der Waals surface area contributed by atoms with Crippen LogP contribution in [-0.2, 0) is 49.0 Å². The Morgan fingerprint density at radius 2 is 2.08 bits per heavy atom. The van der Waals surface area contributed by atoms with Gasteiger partial charge in [0.25, 0.3) is 11.8 Å². The van der Waals surface area contributed by atoms with E-state index in [1.54, 1.807) is 11.5 Å². The standard InChI is InChI=1S/C22H22N6O5S2.H2O4S/c1-33-26-16(13-10-34-22(23)24-13)18(29)25-17-19(30)28-15(21(31)32)8-12(35-20(17)28)9-27-7-3-5-11-4-2-6-14(11)27;1-5(2,3)4/h3,5,7-8,10,12,17,20H,2,4,6,9H2,1H3,(H3-,23,24,25,29,31,32);(H2,1,2,3,4)/p+1/b26-16-;/t12?,17-,20-;/m1./s1. The lowest BCUT2D eigenvalue weighted by Crippen LogP contribution is -2.71. The summed E-state index contributed by atoms with van der Waals surface area (Å²) in [6.45, 7) is 0.568. The van der Waals surface area contributed by atoms with Gasteiger partial charge in [0.1, 0.15) is 29.9 Å². The molecule has 0 aromatic carbocycles. The Bertz CT molecular complexity index is 1500. The fraction of sp³-hybridized carbons (Fsp3) is 0.364. The van der Waals surface area contributed by atoms with E-state index in [4.69, 9.17) is 28.1 Å². The summed E-state index contributed by atoms with van der Waals surface area (Å²) >= 11 is 2.59. The topological polar surface area (TPSA) is 226 Å². The molecule has 18 heteroatoms. The number of carbonyl (C=O) groups excluding carboxylic acids is 2. The molecule has 15 nitrogen and oxygen atoms in total. The maximum absolute atomic E-state index is 13.0. The summed E-state index contributed by atoms with van der Waals surface area (Å²) in [6, 6.07) is 3.21. The van der Waals surface area contributed by atoms with Gasteiger partial charge in [0.15, 0.2) is 29.3 Å². The summed E-state index contributed by atoms with van der Waals surface area (Å²) in [5, 5.41) is 17.3. The lowest BCUT2D eigenvalue weighted by molar-refractivity contribution is -0.702. The lowest BCUT2D eigenvalue weighted by atomic mass is 10.0. The van der Waals surface area contributed by atoms with E-state index in [0.717, 1.165) is 30.6 Å². The number of carboxylic acid groups (broad SMARTS) is 1. The van der Waals surface area contributed by atoms with Crippen LogP contribution in [0.2, 0.25) is 0 Å². The van der Waals surface area contributed by atoms with Crippen LogP contribution in [0.15, 0.2) is 40.6 Å². The maximum atomic E-state index is 13.0. The normalized spacial score (nSPS) is 21.7. The quantitative estimate of drug-likeness (QED) is 0.0887. The van der Waals surface area contributed by atoms with Crippen LogP contribution < -0.4 is 15.6 Å². The highest BCUT2D eigenvalue weighted by atomic mass is 32.3. The molecule has 0 spiro atoms. The first-order chi connectivity index (χ1) is 18.9. The SMILES string of the molecule is CO/N=C(\C(=O)N[C@@H]1C(=O)N2C(C(=O)O)=CC(C[n+]3cccc4c3CCC4)S[C@H]12)c1csc(N)n1.O=S(=O)(O)O. The van der Waals surface area contributed by atoms with Gasteiger partial charge >= 0.3 is 16.4 Å². The van der Waals surface area contributed by atoms with Crippen molar-refractivity contribution in [1.82, 2.24) is 15.2 Å². The minimum Gasteiger partial charge on any atom is -0.477 e. The summed E-state index contributed by atoms with van der Waals surface area (Å²) in [5.74, 6) is -2.33. The number of aliphatic carboxylic acids is 1. The monoisotopic (exact) mass is 613 g/mol. The zero-order valence-electron chi connectivity index (χ0n) is 20.8. The van der Waals surface area contributed by atoms with Crippen molar-refractivity contribution < 1.29 is 46.4 Å². The maximum Gasteiger partial charge on any atom is 0.394 e. The third-order valence-corrected chi connectivity index (χ3v) is 8.22. The number of aryl methyl sites for hydroxylation is 1. The molecule has 0 radical (unpaired) electrons. The van der Waals surface area contributed by atoms with E-state index in [0.29, 0.717) is 6.54 Å². The van der Waals surface area contributed by atoms with Crippen molar-refractivity contribution in [3.63, 3.8) is 0 Å². The zero-order chi connectivity index (χ0) is 29.2. The van der Waals surface area contributed by atoms with Gasteiger partial charge in [0.2, 0.25) is 0 Å². The van der Waals surface area contributed by atoms with Crippen molar-refractivity contribution in [2.75, 3.05) is 12.8 Å². The fourth-order valence-corrected chi connectivity index (χ4v) is 6.66. The molecule has 2 amide bonds. The van der Waals surface area contributed by atoms with Crippen LogP contribution in [0, 0.1) is 0 Å². The number of β-lactam (4-membered cyclic amide) rings is 1. The van der Waals surface area contributed by atoms with Gasteiger partial charge in [-0.25, -0.2) is 14.3 Å². The molecule has 40 heavy (non-hydrogen) atoms. The number of aromatic nitrogens is 2. The third kappa shape index (κ3) is 6.58. The van der Waals surface area contributed by atoms with E-state index < -0.39 is 39.6 Å². The van der Waals surface area contributed by atoms with E-state index in [1.165, 1.54) is 35.0 Å². The number of pyridine rings is 1. The van der Waals surface area contributed by atoms with Crippen LogP contribution in [0.3, 0.4) is 0 Å². The predicted octanol–water partition coefficient (Wildman–Crippen LogP) is -0.364. The number of hydrogen-bond donors (Lipinski definition) is 5. The molecule has 4 heterocycles. The predicted molar refractivity (Wildman–Crippen MR) is 143 cm³/mol. The number of thiazole rings is 1. The molecule has 3 aliphatic rings. The Morgan fingerprint density at radius 3 is 2.70 bits per heavy atom. The highest BCUT2D eigenvalue weighted by Crippen LogP contribution is 2.41. The minimum atomic E-state index is -4.67. The molecule has 2 aliphatic heterocycles. The molecule has 1 unspecified atom stereocenters. The summed E-state index contributed by atoms with van der Waals surface area (Å²) < 4.78 is 33.7. The van der Waals surface area contributed by atoms with E-state index in [1.807, 2.05) is 12.3 Å². The van der Waals surface area contributed by atoms with Crippen molar-refractivity contribution in [3.05, 3.63) is 52.4 Å². The van der Waals surface area contributed by atoms with E-state index >= 15 is 0 Å². The second-order valence-corrected chi connectivity index (χ2v) is 11.9. The molecule has 0 saturated carbocycles. The lowest BCUT2D eigenvalue weighted by Gasteiger charge is -2.49. The number of nitrogens with two attached hydrogens (primary N) is 1. The van der Waals surface area contributed by atoms with Crippen molar-refractivity contribution in [3.8, 4) is 0 Å². The first kappa shape index (κ1) is 29.4. The number of hydrogen-bond acceptors (Lipinski definition) is 11. The minimum absolute atomic E-state index is 0.0690. The van der Waals surface area contributed by atoms with E-state index in [9.17, 15) is 19.5 Å². The van der Waals surface area contributed by atoms with Crippen molar-refractivity contribution in [1.29, 1.82) is 0 Å². The molecular formula is C22H25N6O9S3+. The molecule has 2 aromatic rings. The van der Waals surface area contributed by atoms with Gasteiger partial charge in [-0.2, -0.15) is 8.42 Å². The number of anilines is 1. The molecule has 214 valence electrons. The number of rotatable bonds is 7. The Labute approximate surface area is 236 Å². The fourth-order valence-electron chi connectivity index (χ4n) is 4.62. The zero-order valence-corrected chi connectivity index (χ0v) is 23.3. The summed E-state index contributed by atoms with van der Waals surface area (Å²) in [5.41, 5.74) is 8.29. The van der Waals surface area contributed by atoms with E-state index in [2.05, 4.69) is 26.1 Å². The summed E-state index contributed by atoms with van der Waals surface area (Å²) in [4.78, 5) is 47.9. The summed E-state index contributed by atoms with van der Waals surface area (Å²) in [7, 11) is -3.37. The van der Waals surface area contributed by atoms with Crippen LogP contribution in [0.4, 0.5) is 5.13 Å². The smallest absolute Gasteiger partial charge is 0.394 e. The van der Waals surface area contributed by atoms with Crippen LogP contribution in [0.25, 0.3) is 0 Å². The Hall–Kier alpha value is -3.58. The number of nitrogens with one attached hydrogen (secondary N) is 1. The average Bonchev–Trinajstić information content (AvgIpc) is 3.53. The molecule has 1 saturated heterocycles. The highest BCUT2D eigenvalue weighted by molar-refractivity contribution is 8.00. The van der Waals surface area contributed by atoms with Gasteiger partial charge in [-0.1, -0.05) is 5.16 Å². The van der Waals surface area contributed by atoms with Gasteiger partial charge in [-0.15, -0.1) is 23.1 Å². The first-order valence-corrected chi connectivity index (χ1v) is 14.9. The van der Waals surface area contributed by atoms with E-state index in [-0.39, 0.29) is 27.5 Å². The second kappa shape index (κ2) is 11.9. The average molecular weight is 614 g/mol. The number of thioether (sulfide) groups is 1. The molecule has 1 aliphatic carbocycles. The van der Waals surface area contributed by atoms with Crippen LogP contribution in [0.1, 0.15) is 23.4 Å². The molecule has 5 rings (SSSR count). The van der Waals surface area contributed by atoms with Gasteiger partial charge in [0, 0.05) is 23.4 Å². The molecule has 1 fully saturated rings. The van der Waals surface area contributed by atoms with Gasteiger partial charge < -0.3 is 21.0 Å². The molecule has 0 bridgehead atoms. The van der Waals surface area contributed by atoms with Gasteiger partial charge in [-0.3, -0.25) is 23.6 Å². The van der Waals surface area contributed by atoms with Crippen LogP contribution >= 0.6 is 23.1 Å². The highest BCUT2D eigenvalue weighted by Gasteiger charge is 2.55. The third-order valence-electron chi connectivity index (χ3n) is 6.15. The van der Waals surface area contributed by atoms with Crippen molar-refractivity contribution in [2.24, 2.45) is 5.16 Å². The van der Waals surface area contributed by atoms with Crippen molar-refractivity contribution >= 4 is 62.1 Å². The van der Waals surface area contributed by atoms with Gasteiger partial charge in [-0.05, 0) is 25.0 Å². The molecule has 2 aromatic heterocycles. The van der Waals surface area contributed by atoms with Gasteiger partial charge in [0.05, 0.1) is 5.25 Å². The number of fused-ring (bicyclic) bond motifs is 2. The Morgan fingerprint density at radius 1 is 1.35 bits per heavy atom. The van der Waals surface area contributed by atoms with Crippen molar-refractivity contribution in [2.45, 2.75) is 42.5 Å².